The number of nitrogens with one attached hydrogen (secondary N) is 1. The maximum absolute atomic E-state index is 13.0. The van der Waals surface area contributed by atoms with Crippen molar-refractivity contribution in [3.05, 3.63) is 59.1 Å². The van der Waals surface area contributed by atoms with Crippen LogP contribution in [-0.2, 0) is 10.0 Å². The summed E-state index contributed by atoms with van der Waals surface area (Å²) in [5, 5.41) is 1.45. The van der Waals surface area contributed by atoms with Gasteiger partial charge < -0.3 is 9.47 Å². The molecule has 0 amide bonds. The molecule has 3 aromatic carbocycles. The Morgan fingerprint density at radius 1 is 0.920 bits per heavy atom. The molecule has 7 heteroatoms. The highest BCUT2D eigenvalue weighted by Gasteiger charge is 2.20. The summed E-state index contributed by atoms with van der Waals surface area (Å²) in [6, 6.07) is 15.5. The molecular formula is C18H16BrNO4S. The van der Waals surface area contributed by atoms with Crippen LogP contribution in [-0.4, -0.2) is 22.6 Å². The van der Waals surface area contributed by atoms with Crippen molar-refractivity contribution in [1.29, 1.82) is 0 Å². The zero-order chi connectivity index (χ0) is 18.0. The maximum Gasteiger partial charge on any atom is 0.262 e. The molecule has 0 radical (unpaired) electrons. The van der Waals surface area contributed by atoms with Crippen LogP contribution in [0.3, 0.4) is 0 Å². The van der Waals surface area contributed by atoms with Gasteiger partial charge in [-0.1, -0.05) is 40.2 Å². The first-order chi connectivity index (χ1) is 12.0. The number of hydrogen-bond acceptors (Lipinski definition) is 4. The summed E-state index contributed by atoms with van der Waals surface area (Å²) >= 11 is 3.45. The summed E-state index contributed by atoms with van der Waals surface area (Å²) in [6.45, 7) is 0. The topological polar surface area (TPSA) is 64.6 Å². The van der Waals surface area contributed by atoms with Crippen molar-refractivity contribution in [2.45, 2.75) is 4.90 Å². The van der Waals surface area contributed by atoms with Crippen molar-refractivity contribution in [3.8, 4) is 11.5 Å². The van der Waals surface area contributed by atoms with Crippen molar-refractivity contribution in [1.82, 2.24) is 0 Å². The summed E-state index contributed by atoms with van der Waals surface area (Å²) < 4.78 is 39.8. The first-order valence-corrected chi connectivity index (χ1v) is 9.66. The Kier molecular flexibility index (Phi) is 4.87. The number of benzene rings is 3. The van der Waals surface area contributed by atoms with E-state index in [1.54, 1.807) is 42.5 Å². The summed E-state index contributed by atoms with van der Waals surface area (Å²) in [4.78, 5) is 0.191. The molecule has 0 aromatic heterocycles. The first kappa shape index (κ1) is 17.6. The van der Waals surface area contributed by atoms with E-state index in [9.17, 15) is 8.42 Å². The molecule has 0 bridgehead atoms. The lowest BCUT2D eigenvalue weighted by Gasteiger charge is -2.14. The Morgan fingerprint density at radius 3 is 2.32 bits per heavy atom. The molecular weight excluding hydrogens is 406 g/mol. The Hall–Kier alpha value is -2.25. The van der Waals surface area contributed by atoms with E-state index in [1.165, 1.54) is 14.2 Å². The third-order valence-electron chi connectivity index (χ3n) is 3.77. The molecule has 0 heterocycles. The van der Waals surface area contributed by atoms with Gasteiger partial charge in [0.1, 0.15) is 11.5 Å². The number of fused-ring (bicyclic) bond motifs is 1. The fourth-order valence-corrected chi connectivity index (χ4v) is 4.31. The van der Waals surface area contributed by atoms with Gasteiger partial charge in [0.15, 0.2) is 0 Å². The van der Waals surface area contributed by atoms with Gasteiger partial charge in [-0.25, -0.2) is 8.42 Å². The van der Waals surface area contributed by atoms with E-state index in [0.717, 1.165) is 9.86 Å². The predicted octanol–water partition coefficient (Wildman–Crippen LogP) is 4.42. The highest BCUT2D eigenvalue weighted by molar-refractivity contribution is 9.10. The minimum atomic E-state index is -3.82. The van der Waals surface area contributed by atoms with Gasteiger partial charge in [0.25, 0.3) is 10.0 Å². The van der Waals surface area contributed by atoms with Crippen molar-refractivity contribution in [3.63, 3.8) is 0 Å². The Bertz CT molecular complexity index is 1030. The van der Waals surface area contributed by atoms with Crippen LogP contribution in [0.4, 0.5) is 5.69 Å². The number of rotatable bonds is 5. The van der Waals surface area contributed by atoms with E-state index in [-0.39, 0.29) is 4.90 Å². The zero-order valence-corrected chi connectivity index (χ0v) is 16.0. The second-order valence-corrected chi connectivity index (χ2v) is 7.77. The number of sulfonamides is 1. The van der Waals surface area contributed by atoms with Crippen molar-refractivity contribution in [2.75, 3.05) is 18.9 Å². The van der Waals surface area contributed by atoms with Gasteiger partial charge in [-0.05, 0) is 29.7 Å². The average molecular weight is 422 g/mol. The molecule has 0 aliphatic carbocycles. The minimum Gasteiger partial charge on any atom is -0.497 e. The smallest absolute Gasteiger partial charge is 0.262 e. The fourth-order valence-electron chi connectivity index (χ4n) is 2.56. The molecule has 25 heavy (non-hydrogen) atoms. The number of methoxy groups -OCH3 is 2. The van der Waals surface area contributed by atoms with Gasteiger partial charge in [0, 0.05) is 15.9 Å². The van der Waals surface area contributed by atoms with Gasteiger partial charge in [-0.2, -0.15) is 0 Å². The van der Waals surface area contributed by atoms with Crippen LogP contribution in [0, 0.1) is 0 Å². The summed E-state index contributed by atoms with van der Waals surface area (Å²) in [5.74, 6) is 0.935. The monoisotopic (exact) mass is 421 g/mol. The second kappa shape index (κ2) is 6.93. The summed E-state index contributed by atoms with van der Waals surface area (Å²) in [5.41, 5.74) is 0.314. The average Bonchev–Trinajstić information content (AvgIpc) is 2.61. The van der Waals surface area contributed by atoms with Crippen LogP contribution in [0.15, 0.2) is 64.0 Å². The van der Waals surface area contributed by atoms with Crippen molar-refractivity contribution in [2.24, 2.45) is 0 Å². The van der Waals surface area contributed by atoms with Crippen LogP contribution < -0.4 is 14.2 Å². The largest absolute Gasteiger partial charge is 0.497 e. The van der Waals surface area contributed by atoms with E-state index < -0.39 is 10.0 Å². The molecule has 0 spiro atoms. The highest BCUT2D eigenvalue weighted by Crippen LogP contribution is 2.34. The Morgan fingerprint density at radius 2 is 1.64 bits per heavy atom. The standard InChI is InChI=1S/C18H16BrNO4S/c1-23-12-7-9-17(24-2)16(11-12)20-25(21,22)18-10-8-15(19)13-5-3-4-6-14(13)18/h3-11,20H,1-2H3. The molecule has 0 aliphatic heterocycles. The van der Waals surface area contributed by atoms with Crippen LogP contribution in [0.1, 0.15) is 0 Å². The predicted molar refractivity (Wildman–Crippen MR) is 102 cm³/mol. The second-order valence-electron chi connectivity index (χ2n) is 5.26. The van der Waals surface area contributed by atoms with E-state index in [1.807, 2.05) is 12.1 Å². The molecule has 0 saturated carbocycles. The fraction of sp³-hybridized carbons (Fsp3) is 0.111. The Balaban J connectivity index is 2.11. The van der Waals surface area contributed by atoms with Gasteiger partial charge in [-0.3, -0.25) is 4.72 Å². The molecule has 0 fully saturated rings. The quantitative estimate of drug-likeness (QED) is 0.661. The maximum atomic E-state index is 13.0. The molecule has 130 valence electrons. The molecule has 1 N–H and O–H groups in total. The van der Waals surface area contributed by atoms with Crippen molar-refractivity contribution < 1.29 is 17.9 Å². The number of anilines is 1. The van der Waals surface area contributed by atoms with E-state index >= 15 is 0 Å². The van der Waals surface area contributed by atoms with Gasteiger partial charge in [-0.15, -0.1) is 0 Å². The van der Waals surface area contributed by atoms with E-state index in [0.29, 0.717) is 22.6 Å². The summed E-state index contributed by atoms with van der Waals surface area (Å²) in [6.07, 6.45) is 0. The van der Waals surface area contributed by atoms with Gasteiger partial charge in [0.05, 0.1) is 24.8 Å². The van der Waals surface area contributed by atoms with Crippen LogP contribution >= 0.6 is 15.9 Å². The van der Waals surface area contributed by atoms with Crippen LogP contribution in [0.2, 0.25) is 0 Å². The van der Waals surface area contributed by atoms with Gasteiger partial charge >= 0.3 is 0 Å². The lowest BCUT2D eigenvalue weighted by atomic mass is 10.1. The molecule has 0 aliphatic rings. The molecule has 0 saturated heterocycles. The SMILES string of the molecule is COc1ccc(OC)c(NS(=O)(=O)c2ccc(Br)c3ccccc23)c1. The summed E-state index contributed by atoms with van der Waals surface area (Å²) in [7, 11) is -0.824. The normalized spacial score (nSPS) is 11.3. The minimum absolute atomic E-state index is 0.191. The third-order valence-corrected chi connectivity index (χ3v) is 5.89. The van der Waals surface area contributed by atoms with Crippen LogP contribution in [0.25, 0.3) is 10.8 Å². The van der Waals surface area contributed by atoms with Crippen molar-refractivity contribution >= 4 is 42.4 Å². The molecule has 0 atom stereocenters. The number of ether oxygens (including phenoxy) is 2. The number of hydrogen-bond donors (Lipinski definition) is 1. The van der Waals surface area contributed by atoms with Gasteiger partial charge in [0.2, 0.25) is 0 Å². The lowest BCUT2D eigenvalue weighted by molar-refractivity contribution is 0.405. The van der Waals surface area contributed by atoms with E-state index in [2.05, 4.69) is 20.7 Å². The third kappa shape index (κ3) is 3.43. The molecule has 3 aromatic rings. The first-order valence-electron chi connectivity index (χ1n) is 7.38. The van der Waals surface area contributed by atoms with E-state index in [4.69, 9.17) is 9.47 Å². The van der Waals surface area contributed by atoms with Crippen LogP contribution in [0.5, 0.6) is 11.5 Å². The number of halogens is 1. The highest BCUT2D eigenvalue weighted by atomic mass is 79.9. The zero-order valence-electron chi connectivity index (χ0n) is 13.6. The molecule has 5 nitrogen and oxygen atoms in total. The molecule has 0 unspecified atom stereocenters. The Labute approximate surface area is 154 Å². The lowest BCUT2D eigenvalue weighted by Crippen LogP contribution is -2.14. The molecule has 3 rings (SSSR count).